The molecule has 0 spiro atoms. The Balaban J connectivity index is 1.78. The summed E-state index contributed by atoms with van der Waals surface area (Å²) in [6, 6.07) is 13.4. The Morgan fingerprint density at radius 2 is 2.00 bits per heavy atom. The van der Waals surface area contributed by atoms with Crippen molar-refractivity contribution in [1.29, 1.82) is 0 Å². The molecule has 0 aliphatic rings. The number of anilines is 1. The van der Waals surface area contributed by atoms with Gasteiger partial charge >= 0.3 is 0 Å². The fraction of sp³-hybridized carbons (Fsp3) is 0.133. The monoisotopic (exact) mass is 309 g/mol. The number of hydrogen-bond acceptors (Lipinski definition) is 2. The molecule has 104 valence electrons. The van der Waals surface area contributed by atoms with Gasteiger partial charge in [-0.3, -0.25) is 4.79 Å². The third-order valence-electron chi connectivity index (χ3n) is 2.50. The summed E-state index contributed by atoms with van der Waals surface area (Å²) in [7, 11) is 0. The van der Waals surface area contributed by atoms with Gasteiger partial charge in [0, 0.05) is 16.5 Å². The maximum Gasteiger partial charge on any atom is 0.234 e. The minimum Gasteiger partial charge on any atom is -0.325 e. The Bertz CT molecular complexity index is 606. The van der Waals surface area contributed by atoms with Crippen LogP contribution < -0.4 is 5.32 Å². The summed E-state index contributed by atoms with van der Waals surface area (Å²) in [6.07, 6.45) is 0. The number of carbonyl (C=O) groups excluding carboxylic acids is 1. The molecule has 2 aromatic carbocycles. The maximum absolute atomic E-state index is 13.0. The number of halogens is 2. The molecule has 1 amide bonds. The normalized spacial score (nSPS) is 10.3. The lowest BCUT2D eigenvalue weighted by Crippen LogP contribution is -2.14. The number of benzene rings is 2. The zero-order valence-electron chi connectivity index (χ0n) is 10.6. The largest absolute Gasteiger partial charge is 0.325 e. The van der Waals surface area contributed by atoms with E-state index in [0.29, 0.717) is 22.2 Å². The van der Waals surface area contributed by atoms with E-state index in [4.69, 9.17) is 11.6 Å². The number of nitrogens with one attached hydrogen (secondary N) is 1. The molecule has 2 aromatic rings. The number of thioether (sulfide) groups is 1. The second-order valence-corrected chi connectivity index (χ2v) is 5.60. The molecule has 0 bridgehead atoms. The van der Waals surface area contributed by atoms with Crippen molar-refractivity contribution in [3.8, 4) is 0 Å². The zero-order chi connectivity index (χ0) is 14.4. The van der Waals surface area contributed by atoms with Crippen molar-refractivity contribution in [2.45, 2.75) is 5.75 Å². The second-order valence-electron chi connectivity index (χ2n) is 4.18. The molecule has 0 aliphatic carbocycles. The van der Waals surface area contributed by atoms with Gasteiger partial charge in [-0.2, -0.15) is 0 Å². The van der Waals surface area contributed by atoms with Crippen LogP contribution in [0.25, 0.3) is 0 Å². The van der Waals surface area contributed by atoms with Gasteiger partial charge in [-0.15, -0.1) is 11.8 Å². The van der Waals surface area contributed by atoms with Crippen LogP contribution in [-0.4, -0.2) is 11.7 Å². The molecule has 0 heterocycles. The van der Waals surface area contributed by atoms with Gasteiger partial charge in [0.05, 0.1) is 5.75 Å². The lowest BCUT2D eigenvalue weighted by molar-refractivity contribution is -0.113. The quantitative estimate of drug-likeness (QED) is 0.889. The van der Waals surface area contributed by atoms with E-state index in [1.54, 1.807) is 12.1 Å². The van der Waals surface area contributed by atoms with Crippen molar-refractivity contribution >= 4 is 35.0 Å². The summed E-state index contributed by atoms with van der Waals surface area (Å²) in [5.74, 6) is 0.497. The first-order chi connectivity index (χ1) is 9.63. The van der Waals surface area contributed by atoms with Crippen LogP contribution in [0.1, 0.15) is 5.56 Å². The van der Waals surface area contributed by atoms with E-state index in [1.807, 2.05) is 24.3 Å². The van der Waals surface area contributed by atoms with Crippen LogP contribution in [0, 0.1) is 5.82 Å². The highest BCUT2D eigenvalue weighted by molar-refractivity contribution is 7.99. The van der Waals surface area contributed by atoms with E-state index in [1.165, 1.54) is 23.9 Å². The van der Waals surface area contributed by atoms with Gasteiger partial charge in [-0.05, 0) is 35.9 Å². The van der Waals surface area contributed by atoms with Crippen molar-refractivity contribution in [3.63, 3.8) is 0 Å². The lowest BCUT2D eigenvalue weighted by atomic mass is 10.2. The summed E-state index contributed by atoms with van der Waals surface area (Å²) in [4.78, 5) is 11.7. The Hall–Kier alpha value is -1.52. The summed E-state index contributed by atoms with van der Waals surface area (Å²) in [5, 5.41) is 3.34. The number of hydrogen-bond donors (Lipinski definition) is 1. The molecule has 2 nitrogen and oxygen atoms in total. The summed E-state index contributed by atoms with van der Waals surface area (Å²) in [6.45, 7) is 0. The average molecular weight is 310 g/mol. The predicted octanol–water partition coefficient (Wildman–Crippen LogP) is 4.35. The van der Waals surface area contributed by atoms with Crippen molar-refractivity contribution in [2.24, 2.45) is 0 Å². The molecule has 0 saturated heterocycles. The third-order valence-corrected chi connectivity index (χ3v) is 3.74. The van der Waals surface area contributed by atoms with Crippen molar-refractivity contribution in [2.75, 3.05) is 11.1 Å². The topological polar surface area (TPSA) is 29.1 Å². The van der Waals surface area contributed by atoms with E-state index in [-0.39, 0.29) is 11.7 Å². The van der Waals surface area contributed by atoms with Crippen LogP contribution in [0.15, 0.2) is 48.5 Å². The van der Waals surface area contributed by atoms with Crippen LogP contribution in [0.2, 0.25) is 5.02 Å². The predicted molar refractivity (Wildman–Crippen MR) is 82.6 cm³/mol. The summed E-state index contributed by atoms with van der Waals surface area (Å²) >= 11 is 7.37. The Labute approximate surface area is 126 Å². The van der Waals surface area contributed by atoms with Gasteiger partial charge in [0.15, 0.2) is 0 Å². The van der Waals surface area contributed by atoms with E-state index >= 15 is 0 Å². The Kier molecular flexibility index (Phi) is 5.44. The van der Waals surface area contributed by atoms with Crippen LogP contribution >= 0.6 is 23.4 Å². The molecule has 0 unspecified atom stereocenters. The minimum absolute atomic E-state index is 0.150. The molecule has 0 aliphatic heterocycles. The molecule has 5 heteroatoms. The number of carbonyl (C=O) groups is 1. The molecular weight excluding hydrogens is 297 g/mol. The molecule has 0 atom stereocenters. The summed E-state index contributed by atoms with van der Waals surface area (Å²) in [5.41, 5.74) is 1.54. The fourth-order valence-corrected chi connectivity index (χ4v) is 2.64. The number of rotatable bonds is 5. The third kappa shape index (κ3) is 4.87. The van der Waals surface area contributed by atoms with E-state index in [0.717, 1.165) is 5.56 Å². The fourth-order valence-electron chi connectivity index (χ4n) is 1.65. The average Bonchev–Trinajstić information content (AvgIpc) is 2.38. The first-order valence-electron chi connectivity index (χ1n) is 6.01. The number of amides is 1. The van der Waals surface area contributed by atoms with Gasteiger partial charge in [0.25, 0.3) is 0 Å². The van der Waals surface area contributed by atoms with Gasteiger partial charge in [-0.25, -0.2) is 4.39 Å². The highest BCUT2D eigenvalue weighted by Gasteiger charge is 2.04. The van der Waals surface area contributed by atoms with E-state index in [9.17, 15) is 9.18 Å². The molecule has 1 N–H and O–H groups in total. The first kappa shape index (κ1) is 14.9. The van der Waals surface area contributed by atoms with Crippen LogP contribution in [0.4, 0.5) is 10.1 Å². The lowest BCUT2D eigenvalue weighted by Gasteiger charge is -2.05. The highest BCUT2D eigenvalue weighted by atomic mass is 35.5. The van der Waals surface area contributed by atoms with Crippen molar-refractivity contribution in [1.82, 2.24) is 0 Å². The SMILES string of the molecule is O=C(CSCc1cccc(Cl)c1)Nc1cccc(F)c1. The molecule has 20 heavy (non-hydrogen) atoms. The van der Waals surface area contributed by atoms with Gasteiger partial charge in [0.1, 0.15) is 5.82 Å². The molecular formula is C15H13ClFNOS. The molecule has 2 rings (SSSR count). The maximum atomic E-state index is 13.0. The zero-order valence-corrected chi connectivity index (χ0v) is 12.2. The minimum atomic E-state index is -0.366. The second kappa shape index (κ2) is 7.31. The first-order valence-corrected chi connectivity index (χ1v) is 7.54. The van der Waals surface area contributed by atoms with Gasteiger partial charge in [-0.1, -0.05) is 29.8 Å². The highest BCUT2D eigenvalue weighted by Crippen LogP contribution is 2.17. The molecule has 0 saturated carbocycles. The van der Waals surface area contributed by atoms with Crippen LogP contribution in [0.5, 0.6) is 0 Å². The van der Waals surface area contributed by atoms with E-state index < -0.39 is 0 Å². The molecule has 0 aromatic heterocycles. The smallest absolute Gasteiger partial charge is 0.234 e. The van der Waals surface area contributed by atoms with Crippen molar-refractivity contribution in [3.05, 3.63) is 64.9 Å². The summed E-state index contributed by atoms with van der Waals surface area (Å²) < 4.78 is 13.0. The molecule has 0 fully saturated rings. The Morgan fingerprint density at radius 1 is 1.20 bits per heavy atom. The van der Waals surface area contributed by atoms with E-state index in [2.05, 4.69) is 5.32 Å². The Morgan fingerprint density at radius 3 is 2.75 bits per heavy atom. The van der Waals surface area contributed by atoms with Crippen LogP contribution in [0.3, 0.4) is 0 Å². The van der Waals surface area contributed by atoms with Crippen molar-refractivity contribution < 1.29 is 9.18 Å². The standard InChI is InChI=1S/C15H13ClFNOS/c16-12-4-1-3-11(7-12)9-20-10-15(19)18-14-6-2-5-13(17)8-14/h1-8H,9-10H2,(H,18,19). The van der Waals surface area contributed by atoms with Crippen LogP contribution in [-0.2, 0) is 10.5 Å². The van der Waals surface area contributed by atoms with Gasteiger partial charge in [0.2, 0.25) is 5.91 Å². The molecule has 0 radical (unpaired) electrons. The van der Waals surface area contributed by atoms with Gasteiger partial charge < -0.3 is 5.32 Å².